The van der Waals surface area contributed by atoms with Crippen LogP contribution in [0.4, 0.5) is 20.6 Å². The first-order chi connectivity index (χ1) is 13.7. The number of hydrogen-bond acceptors (Lipinski definition) is 4. The van der Waals surface area contributed by atoms with Crippen LogP contribution in [0.25, 0.3) is 0 Å². The molecule has 2 aromatic carbocycles. The third-order valence-corrected chi connectivity index (χ3v) is 4.32. The highest BCUT2D eigenvalue weighted by Gasteiger charge is 2.23. The number of fused-ring (bicyclic) bond motifs is 1. The van der Waals surface area contributed by atoms with Crippen molar-refractivity contribution in [3.63, 3.8) is 0 Å². The van der Waals surface area contributed by atoms with Gasteiger partial charge in [-0.2, -0.15) is 0 Å². The number of aliphatic imine (C=N–C) groups is 1. The highest BCUT2D eigenvalue weighted by molar-refractivity contribution is 6.15. The molecule has 0 radical (unpaired) electrons. The summed E-state index contributed by atoms with van der Waals surface area (Å²) in [4.78, 5) is 17.1. The number of amides is 2. The van der Waals surface area contributed by atoms with E-state index in [9.17, 15) is 9.18 Å². The van der Waals surface area contributed by atoms with Gasteiger partial charge in [-0.25, -0.2) is 9.18 Å². The van der Waals surface area contributed by atoms with Crippen molar-refractivity contribution in [2.45, 2.75) is 6.17 Å². The van der Waals surface area contributed by atoms with Crippen LogP contribution in [0.15, 0.2) is 77.5 Å². The molecule has 2 amide bonds. The quantitative estimate of drug-likeness (QED) is 0.763. The lowest BCUT2D eigenvalue weighted by Gasteiger charge is -2.17. The number of anilines is 2. The van der Waals surface area contributed by atoms with Crippen LogP contribution in [-0.4, -0.2) is 31.1 Å². The molecule has 2 aliphatic rings. The number of para-hydroxylation sites is 2. The summed E-state index contributed by atoms with van der Waals surface area (Å²) in [5, 5.41) is 8.58. The molecular weight excluding hydrogens is 359 g/mol. The molecule has 7 heteroatoms. The van der Waals surface area contributed by atoms with Crippen molar-refractivity contribution in [1.29, 1.82) is 0 Å². The summed E-state index contributed by atoms with van der Waals surface area (Å²) in [6, 6.07) is 13.2. The first kappa shape index (κ1) is 17.8. The Balaban J connectivity index is 1.58. The molecule has 0 spiro atoms. The summed E-state index contributed by atoms with van der Waals surface area (Å²) in [5.74, 6) is 0.140. The standard InChI is InChI=1S/C21H19FN4O2/c22-15-8-2-4-10-17(15)24-21(27)26-19-13-23-16-9-3-1-7-14(16)20(25-19)18-11-5-6-12-28-18/h1-11,19,23H,12-13H2,(H2,24,26,27). The van der Waals surface area contributed by atoms with E-state index in [0.29, 0.717) is 24.6 Å². The van der Waals surface area contributed by atoms with Crippen LogP contribution in [0.3, 0.4) is 0 Å². The van der Waals surface area contributed by atoms with Gasteiger partial charge in [-0.1, -0.05) is 36.4 Å². The van der Waals surface area contributed by atoms with Crippen LogP contribution in [0.2, 0.25) is 0 Å². The van der Waals surface area contributed by atoms with Crippen LogP contribution in [0.5, 0.6) is 0 Å². The average molecular weight is 378 g/mol. The molecule has 2 aliphatic heterocycles. The number of carbonyl (C=O) groups is 1. The second-order valence-corrected chi connectivity index (χ2v) is 6.27. The van der Waals surface area contributed by atoms with E-state index in [0.717, 1.165) is 11.3 Å². The van der Waals surface area contributed by atoms with Gasteiger partial charge in [-0.15, -0.1) is 0 Å². The minimum absolute atomic E-state index is 0.109. The maximum atomic E-state index is 13.8. The molecule has 1 atom stereocenters. The fraction of sp³-hybridized carbons (Fsp3) is 0.143. The number of benzene rings is 2. The molecule has 0 fully saturated rings. The lowest BCUT2D eigenvalue weighted by atomic mass is 10.1. The highest BCUT2D eigenvalue weighted by atomic mass is 19.1. The second-order valence-electron chi connectivity index (χ2n) is 6.27. The molecule has 3 N–H and O–H groups in total. The van der Waals surface area contributed by atoms with E-state index in [-0.39, 0.29) is 5.69 Å². The number of benzodiazepines with no additional fused rings is 1. The molecule has 0 aromatic heterocycles. The van der Waals surface area contributed by atoms with Gasteiger partial charge in [0.15, 0.2) is 0 Å². The zero-order valence-electron chi connectivity index (χ0n) is 15.0. The van der Waals surface area contributed by atoms with E-state index >= 15 is 0 Å². The smallest absolute Gasteiger partial charge is 0.321 e. The van der Waals surface area contributed by atoms with Gasteiger partial charge >= 0.3 is 6.03 Å². The number of ether oxygens (including phenoxy) is 1. The van der Waals surface area contributed by atoms with Gasteiger partial charge in [-0.05, 0) is 30.4 Å². The number of urea groups is 1. The molecule has 4 rings (SSSR count). The van der Waals surface area contributed by atoms with E-state index in [2.05, 4.69) is 16.0 Å². The van der Waals surface area contributed by atoms with Crippen LogP contribution in [0, 0.1) is 5.82 Å². The van der Waals surface area contributed by atoms with Crippen molar-refractivity contribution in [2.75, 3.05) is 23.8 Å². The second kappa shape index (κ2) is 7.96. The van der Waals surface area contributed by atoms with Crippen LogP contribution < -0.4 is 16.0 Å². The molecule has 6 nitrogen and oxygen atoms in total. The van der Waals surface area contributed by atoms with Crippen LogP contribution in [0.1, 0.15) is 5.56 Å². The number of hydrogen-bond donors (Lipinski definition) is 3. The number of halogens is 1. The molecule has 0 bridgehead atoms. The van der Waals surface area contributed by atoms with E-state index in [1.165, 1.54) is 12.1 Å². The van der Waals surface area contributed by atoms with Gasteiger partial charge in [0.25, 0.3) is 0 Å². The first-order valence-corrected chi connectivity index (χ1v) is 8.94. The normalized spacial score (nSPS) is 17.8. The molecule has 2 heterocycles. The average Bonchev–Trinajstić information content (AvgIpc) is 2.90. The summed E-state index contributed by atoms with van der Waals surface area (Å²) in [7, 11) is 0. The number of nitrogens with zero attached hydrogens (tertiary/aromatic N) is 1. The van der Waals surface area contributed by atoms with E-state index in [1.54, 1.807) is 12.1 Å². The van der Waals surface area contributed by atoms with E-state index in [1.807, 2.05) is 42.5 Å². The van der Waals surface area contributed by atoms with Gasteiger partial charge in [0.05, 0.1) is 12.2 Å². The zero-order chi connectivity index (χ0) is 19.3. The minimum Gasteiger partial charge on any atom is -0.487 e. The largest absolute Gasteiger partial charge is 0.487 e. The van der Waals surface area contributed by atoms with Gasteiger partial charge in [0.2, 0.25) is 0 Å². The lowest BCUT2D eigenvalue weighted by Crippen LogP contribution is -2.41. The Bertz CT molecular complexity index is 984. The summed E-state index contributed by atoms with van der Waals surface area (Å²) in [5.41, 5.74) is 2.56. The summed E-state index contributed by atoms with van der Waals surface area (Å²) >= 11 is 0. The Morgan fingerprint density at radius 3 is 2.82 bits per heavy atom. The first-order valence-electron chi connectivity index (χ1n) is 8.94. The molecule has 2 aromatic rings. The molecule has 0 saturated carbocycles. The van der Waals surface area contributed by atoms with Gasteiger partial charge < -0.3 is 20.7 Å². The molecule has 1 unspecified atom stereocenters. The third-order valence-electron chi connectivity index (χ3n) is 4.32. The molecule has 142 valence electrons. The minimum atomic E-state index is -0.565. The molecular formula is C21H19FN4O2. The Labute approximate surface area is 161 Å². The van der Waals surface area contributed by atoms with Crippen molar-refractivity contribution in [3.05, 3.63) is 83.9 Å². The summed E-state index contributed by atoms with van der Waals surface area (Å²) in [6.07, 6.45) is 5.10. The highest BCUT2D eigenvalue weighted by Crippen LogP contribution is 2.24. The number of carbonyl (C=O) groups excluding carboxylic acids is 1. The van der Waals surface area contributed by atoms with Crippen LogP contribution in [-0.2, 0) is 4.74 Å². The number of rotatable bonds is 3. The topological polar surface area (TPSA) is 74.8 Å². The van der Waals surface area contributed by atoms with Crippen molar-refractivity contribution in [1.82, 2.24) is 5.32 Å². The predicted octanol–water partition coefficient (Wildman–Crippen LogP) is 3.66. The van der Waals surface area contributed by atoms with E-state index in [4.69, 9.17) is 9.73 Å². The number of nitrogens with one attached hydrogen (secondary N) is 3. The molecule has 28 heavy (non-hydrogen) atoms. The number of allylic oxidation sites excluding steroid dienone is 3. The third kappa shape index (κ3) is 3.88. The SMILES string of the molecule is O=C(Nc1ccccc1F)NC1CNc2ccccc2C(C2=CC=CCO2)=N1. The van der Waals surface area contributed by atoms with E-state index < -0.39 is 18.0 Å². The predicted molar refractivity (Wildman–Crippen MR) is 107 cm³/mol. The summed E-state index contributed by atoms with van der Waals surface area (Å²) in [6.45, 7) is 0.848. The fourth-order valence-corrected chi connectivity index (χ4v) is 3.02. The summed E-state index contributed by atoms with van der Waals surface area (Å²) < 4.78 is 19.5. The lowest BCUT2D eigenvalue weighted by molar-refractivity contribution is 0.249. The Morgan fingerprint density at radius 1 is 1.18 bits per heavy atom. The Morgan fingerprint density at radius 2 is 2.00 bits per heavy atom. The fourth-order valence-electron chi connectivity index (χ4n) is 3.02. The van der Waals surface area contributed by atoms with Gasteiger partial charge in [0, 0.05) is 11.3 Å². The maximum Gasteiger partial charge on any atom is 0.321 e. The van der Waals surface area contributed by atoms with Crippen molar-refractivity contribution in [2.24, 2.45) is 4.99 Å². The van der Waals surface area contributed by atoms with Crippen LogP contribution >= 0.6 is 0 Å². The van der Waals surface area contributed by atoms with Crippen molar-refractivity contribution in [3.8, 4) is 0 Å². The molecule has 0 aliphatic carbocycles. The van der Waals surface area contributed by atoms with Crippen molar-refractivity contribution < 1.29 is 13.9 Å². The zero-order valence-corrected chi connectivity index (χ0v) is 15.0. The van der Waals surface area contributed by atoms with Gasteiger partial charge in [0.1, 0.15) is 30.1 Å². The molecule has 0 saturated heterocycles. The van der Waals surface area contributed by atoms with Crippen molar-refractivity contribution >= 4 is 23.1 Å². The Hall–Kier alpha value is -3.61. The maximum absolute atomic E-state index is 13.8. The monoisotopic (exact) mass is 378 g/mol. The van der Waals surface area contributed by atoms with Gasteiger partial charge in [-0.3, -0.25) is 4.99 Å². The Kier molecular flexibility index (Phi) is 5.05.